The maximum Gasteiger partial charge on any atom is 0.305 e. The van der Waals surface area contributed by atoms with Gasteiger partial charge in [-0.3, -0.25) is 4.79 Å². The van der Waals surface area contributed by atoms with Crippen molar-refractivity contribution in [2.75, 3.05) is 11.5 Å². The second-order valence-electron chi connectivity index (χ2n) is 3.41. The summed E-state index contributed by atoms with van der Waals surface area (Å²) in [7, 11) is 0. The van der Waals surface area contributed by atoms with E-state index in [0.29, 0.717) is 11.0 Å². The number of carbonyl (C=O) groups excluding carboxylic acids is 1. The summed E-state index contributed by atoms with van der Waals surface area (Å²) in [5.74, 6) is 2.43. The van der Waals surface area contributed by atoms with Crippen LogP contribution in [0.15, 0.2) is 0 Å². The molecule has 0 aromatic carbocycles. The second kappa shape index (κ2) is 6.62. The lowest BCUT2D eigenvalue weighted by Crippen LogP contribution is -2.19. The minimum atomic E-state index is -0.0803. The number of ether oxygens (including phenoxy) is 1. The van der Waals surface area contributed by atoms with Crippen LogP contribution in [0.25, 0.3) is 0 Å². The summed E-state index contributed by atoms with van der Waals surface area (Å²) in [6.45, 7) is 3.82. The summed E-state index contributed by atoms with van der Waals surface area (Å²) in [5, 5.41) is 0. The second-order valence-corrected chi connectivity index (χ2v) is 6.33. The molecule has 1 aliphatic heterocycles. The molecule has 1 aliphatic rings. The van der Waals surface area contributed by atoms with Crippen LogP contribution in [0.4, 0.5) is 0 Å². The summed E-state index contributed by atoms with van der Waals surface area (Å²) in [6, 6.07) is 0. The first kappa shape index (κ1) is 12.2. The third kappa shape index (κ3) is 4.60. The first-order chi connectivity index (χ1) is 6.72. The van der Waals surface area contributed by atoms with E-state index in [1.807, 2.05) is 37.4 Å². The van der Waals surface area contributed by atoms with E-state index in [1.54, 1.807) is 0 Å². The molecule has 0 aromatic heterocycles. The molecule has 1 rings (SSSR count). The highest BCUT2D eigenvalue weighted by atomic mass is 32.2. The molecule has 0 bridgehead atoms. The lowest BCUT2D eigenvalue weighted by Gasteiger charge is -2.23. The van der Waals surface area contributed by atoms with Crippen molar-refractivity contribution in [3.63, 3.8) is 0 Å². The molecule has 2 nitrogen and oxygen atoms in total. The van der Waals surface area contributed by atoms with Gasteiger partial charge in [0.1, 0.15) is 6.10 Å². The van der Waals surface area contributed by atoms with Crippen molar-refractivity contribution in [1.82, 2.24) is 0 Å². The zero-order valence-corrected chi connectivity index (χ0v) is 10.5. The standard InChI is InChI=1S/C10H18O2S2/c1-3-9(11)12-8(2)7-10-13-5-4-6-14-10/h8,10H,3-7H2,1-2H3. The molecule has 14 heavy (non-hydrogen) atoms. The van der Waals surface area contributed by atoms with E-state index in [-0.39, 0.29) is 12.1 Å². The molecule has 1 atom stereocenters. The van der Waals surface area contributed by atoms with Gasteiger partial charge in [-0.2, -0.15) is 0 Å². The summed E-state index contributed by atoms with van der Waals surface area (Å²) in [4.78, 5) is 11.0. The largest absolute Gasteiger partial charge is 0.463 e. The van der Waals surface area contributed by atoms with Gasteiger partial charge in [0.15, 0.2) is 0 Å². The minimum absolute atomic E-state index is 0.0746. The first-order valence-electron chi connectivity index (χ1n) is 5.15. The van der Waals surface area contributed by atoms with Gasteiger partial charge in [-0.05, 0) is 24.9 Å². The number of hydrogen-bond acceptors (Lipinski definition) is 4. The molecular formula is C10H18O2S2. The Morgan fingerprint density at radius 1 is 1.50 bits per heavy atom. The molecule has 0 N–H and O–H groups in total. The molecule has 1 fully saturated rings. The number of esters is 1. The van der Waals surface area contributed by atoms with E-state index < -0.39 is 0 Å². The Labute approximate surface area is 94.5 Å². The highest BCUT2D eigenvalue weighted by molar-refractivity contribution is 8.17. The van der Waals surface area contributed by atoms with Crippen molar-refractivity contribution in [3.05, 3.63) is 0 Å². The smallest absolute Gasteiger partial charge is 0.305 e. The molecule has 1 heterocycles. The predicted molar refractivity (Wildman–Crippen MR) is 63.8 cm³/mol. The van der Waals surface area contributed by atoms with Crippen LogP contribution in [-0.2, 0) is 9.53 Å². The highest BCUT2D eigenvalue weighted by Crippen LogP contribution is 2.34. The van der Waals surface area contributed by atoms with E-state index in [2.05, 4.69) is 0 Å². The average molecular weight is 234 g/mol. The molecular weight excluding hydrogens is 216 g/mol. The van der Waals surface area contributed by atoms with E-state index in [1.165, 1.54) is 17.9 Å². The van der Waals surface area contributed by atoms with Crippen molar-refractivity contribution in [3.8, 4) is 0 Å². The zero-order valence-electron chi connectivity index (χ0n) is 8.82. The Kier molecular flexibility index (Phi) is 5.78. The Hall–Kier alpha value is 0.170. The van der Waals surface area contributed by atoms with Crippen molar-refractivity contribution >= 4 is 29.5 Å². The monoisotopic (exact) mass is 234 g/mol. The molecule has 0 saturated carbocycles. The fourth-order valence-electron chi connectivity index (χ4n) is 1.30. The summed E-state index contributed by atoms with van der Waals surface area (Å²) in [5.41, 5.74) is 0. The van der Waals surface area contributed by atoms with Crippen molar-refractivity contribution in [2.24, 2.45) is 0 Å². The molecule has 0 aromatic rings. The van der Waals surface area contributed by atoms with Crippen LogP contribution in [0.1, 0.15) is 33.1 Å². The van der Waals surface area contributed by atoms with Gasteiger partial charge in [-0.15, -0.1) is 23.5 Å². The SMILES string of the molecule is CCC(=O)OC(C)CC1SCCCS1. The van der Waals surface area contributed by atoms with Crippen LogP contribution in [0, 0.1) is 0 Å². The zero-order chi connectivity index (χ0) is 10.4. The first-order valence-corrected chi connectivity index (χ1v) is 7.24. The maximum absolute atomic E-state index is 11.0. The molecule has 0 aliphatic carbocycles. The number of thioether (sulfide) groups is 2. The summed E-state index contributed by atoms with van der Waals surface area (Å²) >= 11 is 4.00. The van der Waals surface area contributed by atoms with Crippen molar-refractivity contribution < 1.29 is 9.53 Å². The Morgan fingerprint density at radius 2 is 2.14 bits per heavy atom. The predicted octanol–water partition coefficient (Wildman–Crippen LogP) is 2.91. The maximum atomic E-state index is 11.0. The van der Waals surface area contributed by atoms with E-state index in [0.717, 1.165) is 6.42 Å². The molecule has 0 radical (unpaired) electrons. The fourth-order valence-corrected chi connectivity index (χ4v) is 4.41. The summed E-state index contributed by atoms with van der Waals surface area (Å²) < 4.78 is 5.86. The van der Waals surface area contributed by atoms with E-state index in [9.17, 15) is 4.79 Å². The number of hydrogen-bond donors (Lipinski definition) is 0. The van der Waals surface area contributed by atoms with Crippen LogP contribution in [0.5, 0.6) is 0 Å². The normalized spacial score (nSPS) is 20.4. The van der Waals surface area contributed by atoms with Crippen molar-refractivity contribution in [1.29, 1.82) is 0 Å². The number of rotatable bonds is 4. The third-order valence-corrected chi connectivity index (χ3v) is 5.04. The van der Waals surface area contributed by atoms with E-state index in [4.69, 9.17) is 4.74 Å². The molecule has 0 amide bonds. The quantitative estimate of drug-likeness (QED) is 0.699. The van der Waals surface area contributed by atoms with Gasteiger partial charge in [0.05, 0.1) is 4.58 Å². The van der Waals surface area contributed by atoms with Crippen molar-refractivity contribution in [2.45, 2.75) is 43.8 Å². The lowest BCUT2D eigenvalue weighted by molar-refractivity contribution is -0.147. The molecule has 82 valence electrons. The average Bonchev–Trinajstić information content (AvgIpc) is 2.19. The van der Waals surface area contributed by atoms with Gasteiger partial charge < -0.3 is 4.74 Å². The Bertz CT molecular complexity index is 179. The van der Waals surface area contributed by atoms with Gasteiger partial charge in [0.25, 0.3) is 0 Å². The minimum Gasteiger partial charge on any atom is -0.463 e. The molecule has 1 unspecified atom stereocenters. The highest BCUT2D eigenvalue weighted by Gasteiger charge is 2.19. The Morgan fingerprint density at radius 3 is 2.71 bits per heavy atom. The third-order valence-electron chi connectivity index (χ3n) is 2.04. The van der Waals surface area contributed by atoms with E-state index >= 15 is 0 Å². The van der Waals surface area contributed by atoms with Gasteiger partial charge in [-0.1, -0.05) is 6.92 Å². The summed E-state index contributed by atoms with van der Waals surface area (Å²) in [6.07, 6.45) is 2.86. The topological polar surface area (TPSA) is 26.3 Å². The van der Waals surface area contributed by atoms with Crippen LogP contribution >= 0.6 is 23.5 Å². The van der Waals surface area contributed by atoms with Gasteiger partial charge >= 0.3 is 5.97 Å². The van der Waals surface area contributed by atoms with Crippen LogP contribution in [-0.4, -0.2) is 28.2 Å². The van der Waals surface area contributed by atoms with Crippen LogP contribution in [0.3, 0.4) is 0 Å². The van der Waals surface area contributed by atoms with Crippen LogP contribution in [0.2, 0.25) is 0 Å². The lowest BCUT2D eigenvalue weighted by atomic mass is 10.3. The van der Waals surface area contributed by atoms with Gasteiger partial charge in [-0.25, -0.2) is 0 Å². The molecule has 1 saturated heterocycles. The fraction of sp³-hybridized carbons (Fsp3) is 0.900. The Balaban J connectivity index is 2.18. The molecule has 4 heteroatoms. The van der Waals surface area contributed by atoms with Gasteiger partial charge in [0, 0.05) is 12.8 Å². The number of carbonyl (C=O) groups is 1. The molecule has 0 spiro atoms. The van der Waals surface area contributed by atoms with Crippen LogP contribution < -0.4 is 0 Å². The van der Waals surface area contributed by atoms with Gasteiger partial charge in [0.2, 0.25) is 0 Å².